The van der Waals surface area contributed by atoms with Gasteiger partial charge in [-0.15, -0.1) is 12.4 Å². The Kier molecular flexibility index (Phi) is 6.62. The van der Waals surface area contributed by atoms with Crippen molar-refractivity contribution in [2.45, 2.75) is 57.6 Å². The van der Waals surface area contributed by atoms with E-state index in [4.69, 9.17) is 9.15 Å². The van der Waals surface area contributed by atoms with Crippen LogP contribution >= 0.6 is 12.4 Å². The molecule has 2 aliphatic rings. The topological polar surface area (TPSA) is 80.6 Å². The van der Waals surface area contributed by atoms with Crippen LogP contribution in [0.15, 0.2) is 27.4 Å². The molecule has 0 radical (unpaired) electrons. The van der Waals surface area contributed by atoms with E-state index >= 15 is 0 Å². The van der Waals surface area contributed by atoms with Crippen LogP contribution in [0.3, 0.4) is 0 Å². The fourth-order valence-electron chi connectivity index (χ4n) is 4.04. The summed E-state index contributed by atoms with van der Waals surface area (Å²) in [6.07, 6.45) is 5.09. The van der Waals surface area contributed by atoms with Gasteiger partial charge in [0.2, 0.25) is 0 Å². The van der Waals surface area contributed by atoms with Crippen molar-refractivity contribution in [2.24, 2.45) is 0 Å². The first kappa shape index (κ1) is 20.7. The molecule has 1 unspecified atom stereocenters. The predicted molar refractivity (Wildman–Crippen MR) is 110 cm³/mol. The summed E-state index contributed by atoms with van der Waals surface area (Å²) in [5.74, 6) is 0.420. The third-order valence-electron chi connectivity index (χ3n) is 5.56. The monoisotopic (exact) mass is 406 g/mol. The first-order valence-corrected chi connectivity index (χ1v) is 9.88. The second-order valence-electron chi connectivity index (χ2n) is 7.50. The average molecular weight is 407 g/mol. The van der Waals surface area contributed by atoms with Crippen molar-refractivity contribution >= 4 is 29.3 Å². The van der Waals surface area contributed by atoms with Gasteiger partial charge in [0, 0.05) is 23.1 Å². The molecule has 2 N–H and O–H groups in total. The molecule has 2 heterocycles. The van der Waals surface area contributed by atoms with Crippen LogP contribution in [0.25, 0.3) is 11.0 Å². The number of carbonyl (C=O) groups excluding carboxylic acids is 1. The minimum atomic E-state index is -0.610. The van der Waals surface area contributed by atoms with Crippen LogP contribution in [0.2, 0.25) is 0 Å². The molecule has 1 saturated heterocycles. The average Bonchev–Trinajstić information content (AvgIpc) is 2.69. The number of piperidine rings is 1. The molecule has 1 amide bonds. The summed E-state index contributed by atoms with van der Waals surface area (Å²) in [5, 5.41) is 7.31. The van der Waals surface area contributed by atoms with Gasteiger partial charge >= 0.3 is 5.63 Å². The Morgan fingerprint density at radius 2 is 1.93 bits per heavy atom. The number of fused-ring (bicyclic) bond motifs is 3. The van der Waals surface area contributed by atoms with E-state index in [-0.39, 0.29) is 30.0 Å². The van der Waals surface area contributed by atoms with Crippen molar-refractivity contribution < 1.29 is 13.9 Å². The van der Waals surface area contributed by atoms with Crippen LogP contribution in [0, 0.1) is 0 Å². The van der Waals surface area contributed by atoms with Crippen LogP contribution in [0.1, 0.15) is 43.7 Å². The summed E-state index contributed by atoms with van der Waals surface area (Å²) < 4.78 is 11.3. The Morgan fingerprint density at radius 1 is 1.21 bits per heavy atom. The molecular weight excluding hydrogens is 380 g/mol. The second-order valence-corrected chi connectivity index (χ2v) is 7.50. The van der Waals surface area contributed by atoms with Gasteiger partial charge in [-0.1, -0.05) is 0 Å². The molecule has 28 heavy (non-hydrogen) atoms. The molecule has 6 nitrogen and oxygen atoms in total. The van der Waals surface area contributed by atoms with Gasteiger partial charge in [0.25, 0.3) is 5.91 Å². The molecule has 0 bridgehead atoms. The number of aryl methyl sites for hydroxylation is 1. The summed E-state index contributed by atoms with van der Waals surface area (Å²) in [4.78, 5) is 24.7. The van der Waals surface area contributed by atoms with Gasteiger partial charge < -0.3 is 19.8 Å². The van der Waals surface area contributed by atoms with E-state index in [1.54, 1.807) is 13.0 Å². The minimum absolute atomic E-state index is 0. The highest BCUT2D eigenvalue weighted by atomic mass is 35.5. The Labute approximate surface area is 170 Å². The van der Waals surface area contributed by atoms with Crippen LogP contribution < -0.4 is 21.0 Å². The summed E-state index contributed by atoms with van der Waals surface area (Å²) in [5.41, 5.74) is 2.21. The summed E-state index contributed by atoms with van der Waals surface area (Å²) in [6.45, 7) is 3.59. The number of rotatable bonds is 4. The molecule has 152 valence electrons. The molecule has 1 aliphatic heterocycles. The number of ether oxygens (including phenoxy) is 1. The number of carbonyl (C=O) groups is 1. The third-order valence-corrected chi connectivity index (χ3v) is 5.56. The van der Waals surface area contributed by atoms with Crippen LogP contribution in [0.4, 0.5) is 0 Å². The zero-order valence-electron chi connectivity index (χ0n) is 16.1. The highest BCUT2D eigenvalue weighted by molar-refractivity contribution is 5.85. The van der Waals surface area contributed by atoms with E-state index in [0.29, 0.717) is 11.3 Å². The fourth-order valence-corrected chi connectivity index (χ4v) is 4.04. The van der Waals surface area contributed by atoms with Crippen LogP contribution in [-0.4, -0.2) is 31.1 Å². The van der Waals surface area contributed by atoms with Gasteiger partial charge in [0.1, 0.15) is 11.3 Å². The van der Waals surface area contributed by atoms with Gasteiger partial charge in [-0.3, -0.25) is 4.79 Å². The smallest absolute Gasteiger partial charge is 0.339 e. The molecule has 1 atom stereocenters. The van der Waals surface area contributed by atoms with Crippen LogP contribution in [0.5, 0.6) is 5.75 Å². The second kappa shape index (κ2) is 8.97. The molecule has 1 aromatic heterocycles. The zero-order chi connectivity index (χ0) is 18.8. The Bertz CT molecular complexity index is 905. The zero-order valence-corrected chi connectivity index (χ0v) is 16.9. The lowest BCUT2D eigenvalue weighted by Gasteiger charge is -2.25. The maximum atomic E-state index is 12.4. The van der Waals surface area contributed by atoms with Gasteiger partial charge in [-0.05, 0) is 76.2 Å². The van der Waals surface area contributed by atoms with Gasteiger partial charge in [-0.2, -0.15) is 0 Å². The molecule has 4 rings (SSSR count). The quantitative estimate of drug-likeness (QED) is 0.763. The molecule has 0 saturated carbocycles. The van der Waals surface area contributed by atoms with E-state index < -0.39 is 6.10 Å². The lowest BCUT2D eigenvalue weighted by molar-refractivity contribution is -0.128. The molecule has 1 aliphatic carbocycles. The van der Waals surface area contributed by atoms with Crippen LogP contribution in [-0.2, 0) is 17.6 Å². The van der Waals surface area contributed by atoms with Gasteiger partial charge in [0.15, 0.2) is 6.10 Å². The van der Waals surface area contributed by atoms with Crippen molar-refractivity contribution in [2.75, 3.05) is 13.1 Å². The summed E-state index contributed by atoms with van der Waals surface area (Å²) in [6, 6.07) is 5.71. The molecule has 0 spiro atoms. The Hall–Kier alpha value is -2.05. The third kappa shape index (κ3) is 4.33. The fraction of sp³-hybridized carbons (Fsp3) is 0.524. The molecule has 1 aromatic carbocycles. The molecule has 2 aromatic rings. The number of hydrogen-bond donors (Lipinski definition) is 2. The maximum absolute atomic E-state index is 12.4. The number of amides is 1. The van der Waals surface area contributed by atoms with E-state index in [1.165, 1.54) is 0 Å². The maximum Gasteiger partial charge on any atom is 0.339 e. The number of benzene rings is 1. The highest BCUT2D eigenvalue weighted by Gasteiger charge is 2.22. The van der Waals surface area contributed by atoms with Gasteiger partial charge in [-0.25, -0.2) is 4.79 Å². The standard InChI is InChI=1S/C21H26N2O4.ClH/c1-13(20(24)23-14-8-10-22-11-9-14)26-15-6-7-17-16-4-2-3-5-18(16)21(25)27-19(17)12-15;/h6-7,12-14,22H,2-5,8-11H2,1H3,(H,23,24);1H. The van der Waals surface area contributed by atoms with Crippen molar-refractivity contribution in [1.29, 1.82) is 0 Å². The van der Waals surface area contributed by atoms with E-state index in [1.807, 2.05) is 12.1 Å². The lowest BCUT2D eigenvalue weighted by Crippen LogP contribution is -2.46. The van der Waals surface area contributed by atoms with Crippen molar-refractivity contribution in [3.8, 4) is 5.75 Å². The Morgan fingerprint density at radius 3 is 2.68 bits per heavy atom. The highest BCUT2D eigenvalue weighted by Crippen LogP contribution is 2.29. The first-order valence-electron chi connectivity index (χ1n) is 9.88. The van der Waals surface area contributed by atoms with Crippen molar-refractivity contribution in [3.63, 3.8) is 0 Å². The first-order chi connectivity index (χ1) is 13.1. The van der Waals surface area contributed by atoms with Crippen molar-refractivity contribution in [3.05, 3.63) is 39.7 Å². The Balaban J connectivity index is 0.00000225. The summed E-state index contributed by atoms with van der Waals surface area (Å²) >= 11 is 0. The number of nitrogens with one attached hydrogen (secondary N) is 2. The minimum Gasteiger partial charge on any atom is -0.481 e. The van der Waals surface area contributed by atoms with E-state index in [9.17, 15) is 9.59 Å². The number of halogens is 1. The van der Waals surface area contributed by atoms with E-state index in [0.717, 1.165) is 68.1 Å². The largest absolute Gasteiger partial charge is 0.481 e. The number of hydrogen-bond acceptors (Lipinski definition) is 5. The molecule has 1 fully saturated rings. The van der Waals surface area contributed by atoms with Gasteiger partial charge in [0.05, 0.1) is 0 Å². The lowest BCUT2D eigenvalue weighted by atomic mass is 9.91. The van der Waals surface area contributed by atoms with E-state index in [2.05, 4.69) is 10.6 Å². The SMILES string of the molecule is CC(Oc1ccc2c3c(c(=O)oc2c1)CCCC3)C(=O)NC1CCNCC1.Cl. The summed E-state index contributed by atoms with van der Waals surface area (Å²) in [7, 11) is 0. The predicted octanol–water partition coefficient (Wildman–Crippen LogP) is 2.73. The normalized spacial score (nSPS) is 18.0. The molecule has 7 heteroatoms. The molecular formula is C21H27ClN2O4. The van der Waals surface area contributed by atoms with Crippen molar-refractivity contribution in [1.82, 2.24) is 10.6 Å².